The van der Waals surface area contributed by atoms with E-state index in [4.69, 9.17) is 4.99 Å². The lowest BCUT2D eigenvalue weighted by molar-refractivity contribution is -0.128. The van der Waals surface area contributed by atoms with Gasteiger partial charge in [-0.25, -0.2) is 4.99 Å². The Morgan fingerprint density at radius 1 is 1.23 bits per heavy atom. The molecule has 1 aromatic rings. The molecule has 2 saturated heterocycles. The number of carbonyl (C=O) groups is 1. The number of guanidine groups is 1. The third-order valence-electron chi connectivity index (χ3n) is 5.37. The van der Waals surface area contributed by atoms with Gasteiger partial charge in [-0.05, 0) is 43.2 Å². The van der Waals surface area contributed by atoms with Crippen molar-refractivity contribution in [1.29, 1.82) is 0 Å². The third-order valence-corrected chi connectivity index (χ3v) is 5.37. The zero-order valence-corrected chi connectivity index (χ0v) is 16.2. The molecule has 0 unspecified atom stereocenters. The van der Waals surface area contributed by atoms with Crippen LogP contribution in [0, 0.1) is 5.92 Å². The normalized spacial score (nSPS) is 19.3. The third kappa shape index (κ3) is 4.99. The van der Waals surface area contributed by atoms with Gasteiger partial charge in [0.05, 0.1) is 6.54 Å². The molecule has 0 spiro atoms. The van der Waals surface area contributed by atoms with Crippen LogP contribution < -0.4 is 5.32 Å². The quantitative estimate of drug-likeness (QED) is 0.652. The van der Waals surface area contributed by atoms with Crippen LogP contribution in [0.1, 0.15) is 50.7 Å². The highest BCUT2D eigenvalue weighted by Crippen LogP contribution is 2.17. The number of nitrogens with zero attached hydrogens (tertiary/aromatic N) is 3. The van der Waals surface area contributed by atoms with E-state index < -0.39 is 0 Å². The van der Waals surface area contributed by atoms with Gasteiger partial charge in [-0.3, -0.25) is 4.79 Å². The van der Waals surface area contributed by atoms with Crippen molar-refractivity contribution in [2.24, 2.45) is 10.9 Å². The molecule has 0 aromatic heterocycles. The fraction of sp³-hybridized carbons (Fsp3) is 0.619. The molecule has 3 rings (SSSR count). The molecule has 0 radical (unpaired) electrons. The van der Waals surface area contributed by atoms with Crippen LogP contribution >= 0.6 is 0 Å². The molecule has 5 nitrogen and oxygen atoms in total. The molecule has 0 aliphatic carbocycles. The number of amides is 1. The topological polar surface area (TPSA) is 47.9 Å². The lowest BCUT2D eigenvalue weighted by Gasteiger charge is -2.33. The van der Waals surface area contributed by atoms with E-state index in [9.17, 15) is 4.79 Å². The smallest absolute Gasteiger partial charge is 0.222 e. The zero-order chi connectivity index (χ0) is 18.4. The molecule has 26 heavy (non-hydrogen) atoms. The lowest BCUT2D eigenvalue weighted by atomic mass is 10.00. The summed E-state index contributed by atoms with van der Waals surface area (Å²) in [6, 6.07) is 8.50. The van der Waals surface area contributed by atoms with E-state index in [0.717, 1.165) is 51.0 Å². The number of hydrogen-bond acceptors (Lipinski definition) is 2. The highest BCUT2D eigenvalue weighted by Gasteiger charge is 2.20. The number of benzene rings is 1. The van der Waals surface area contributed by atoms with E-state index in [1.807, 2.05) is 4.90 Å². The van der Waals surface area contributed by atoms with Crippen molar-refractivity contribution >= 4 is 11.9 Å². The van der Waals surface area contributed by atoms with Gasteiger partial charge in [-0.1, -0.05) is 31.2 Å². The zero-order valence-electron chi connectivity index (χ0n) is 16.2. The van der Waals surface area contributed by atoms with Crippen molar-refractivity contribution < 1.29 is 4.79 Å². The van der Waals surface area contributed by atoms with Gasteiger partial charge in [-0.15, -0.1) is 0 Å². The van der Waals surface area contributed by atoms with Gasteiger partial charge in [0, 0.05) is 39.1 Å². The summed E-state index contributed by atoms with van der Waals surface area (Å²) < 4.78 is 0. The molecule has 0 saturated carbocycles. The van der Waals surface area contributed by atoms with E-state index in [1.54, 1.807) is 0 Å². The van der Waals surface area contributed by atoms with Crippen molar-refractivity contribution in [1.82, 2.24) is 15.1 Å². The summed E-state index contributed by atoms with van der Waals surface area (Å²) in [7, 11) is 0. The maximum Gasteiger partial charge on any atom is 0.222 e. The maximum atomic E-state index is 11.8. The number of aliphatic imine (C=N–C) groups is 1. The van der Waals surface area contributed by atoms with Gasteiger partial charge in [0.25, 0.3) is 0 Å². The van der Waals surface area contributed by atoms with E-state index in [2.05, 4.69) is 48.3 Å². The van der Waals surface area contributed by atoms with Crippen LogP contribution in [0.4, 0.5) is 0 Å². The Morgan fingerprint density at radius 2 is 2.00 bits per heavy atom. The Hall–Kier alpha value is -2.04. The summed E-state index contributed by atoms with van der Waals surface area (Å²) >= 11 is 0. The van der Waals surface area contributed by atoms with Gasteiger partial charge in [0.1, 0.15) is 0 Å². The number of hydrogen-bond donors (Lipinski definition) is 1. The van der Waals surface area contributed by atoms with E-state index in [0.29, 0.717) is 13.0 Å². The van der Waals surface area contributed by atoms with Crippen molar-refractivity contribution in [3.63, 3.8) is 0 Å². The summed E-state index contributed by atoms with van der Waals surface area (Å²) in [5.41, 5.74) is 2.40. The van der Waals surface area contributed by atoms with Gasteiger partial charge in [0.15, 0.2) is 5.96 Å². The Labute approximate surface area is 157 Å². The first kappa shape index (κ1) is 18.7. The van der Waals surface area contributed by atoms with Crippen molar-refractivity contribution in [2.45, 2.75) is 52.6 Å². The van der Waals surface area contributed by atoms with Crippen molar-refractivity contribution in [2.75, 3.05) is 26.2 Å². The Morgan fingerprint density at radius 3 is 2.69 bits per heavy atom. The number of rotatable bonds is 5. The average Bonchev–Trinajstić information content (AvgIpc) is 3.04. The number of piperidine rings is 1. The minimum atomic E-state index is 0.280. The van der Waals surface area contributed by atoms with Crippen LogP contribution in [0.2, 0.25) is 0 Å². The Bertz CT molecular complexity index is 635. The average molecular weight is 357 g/mol. The van der Waals surface area contributed by atoms with Crippen LogP contribution in [-0.2, 0) is 17.9 Å². The van der Waals surface area contributed by atoms with E-state index >= 15 is 0 Å². The van der Waals surface area contributed by atoms with Crippen molar-refractivity contribution in [3.8, 4) is 0 Å². The minimum absolute atomic E-state index is 0.280. The summed E-state index contributed by atoms with van der Waals surface area (Å²) in [4.78, 5) is 21.1. The molecular formula is C21H32N4O. The van der Waals surface area contributed by atoms with Crippen LogP contribution in [0.5, 0.6) is 0 Å². The Kier molecular flexibility index (Phi) is 6.53. The largest absolute Gasteiger partial charge is 0.357 e. The standard InChI is InChI=1S/C21H32N4O/c1-3-22-21(24-12-9-17(2)10-13-24)23-15-18-6-4-7-19(14-18)16-25-11-5-8-20(25)26/h4,6-7,14,17H,3,5,8-13,15-16H2,1-2H3,(H,22,23). The lowest BCUT2D eigenvalue weighted by Crippen LogP contribution is -2.45. The second-order valence-electron chi connectivity index (χ2n) is 7.58. The highest BCUT2D eigenvalue weighted by atomic mass is 16.2. The molecule has 2 aliphatic heterocycles. The molecule has 5 heteroatoms. The maximum absolute atomic E-state index is 11.8. The summed E-state index contributed by atoms with van der Waals surface area (Å²) in [5.74, 6) is 2.13. The summed E-state index contributed by atoms with van der Waals surface area (Å²) in [5, 5.41) is 3.44. The van der Waals surface area contributed by atoms with Crippen molar-refractivity contribution in [3.05, 3.63) is 35.4 Å². The van der Waals surface area contributed by atoms with Gasteiger partial charge in [-0.2, -0.15) is 0 Å². The molecule has 142 valence electrons. The first-order valence-electron chi connectivity index (χ1n) is 10.0. The monoisotopic (exact) mass is 356 g/mol. The van der Waals surface area contributed by atoms with Crippen LogP contribution in [0.15, 0.2) is 29.3 Å². The number of likely N-dealkylation sites (tertiary alicyclic amines) is 2. The molecule has 1 N–H and O–H groups in total. The molecule has 1 amide bonds. The molecule has 2 fully saturated rings. The second-order valence-corrected chi connectivity index (χ2v) is 7.58. The molecule has 0 atom stereocenters. The SMILES string of the molecule is CCNC(=NCc1cccc(CN2CCCC2=O)c1)N1CCC(C)CC1. The van der Waals surface area contributed by atoms with Crippen LogP contribution in [0.25, 0.3) is 0 Å². The first-order chi connectivity index (χ1) is 12.7. The minimum Gasteiger partial charge on any atom is -0.357 e. The van der Waals surface area contributed by atoms with E-state index in [-0.39, 0.29) is 5.91 Å². The number of nitrogens with one attached hydrogen (secondary N) is 1. The fourth-order valence-corrected chi connectivity index (χ4v) is 3.73. The second kappa shape index (κ2) is 9.06. The van der Waals surface area contributed by atoms with Gasteiger partial charge >= 0.3 is 0 Å². The summed E-state index contributed by atoms with van der Waals surface area (Å²) in [6.45, 7) is 9.81. The predicted octanol–water partition coefficient (Wildman–Crippen LogP) is 3.01. The Balaban J connectivity index is 1.63. The first-order valence-corrected chi connectivity index (χ1v) is 10.0. The molecule has 0 bridgehead atoms. The molecular weight excluding hydrogens is 324 g/mol. The fourth-order valence-electron chi connectivity index (χ4n) is 3.73. The van der Waals surface area contributed by atoms with Crippen LogP contribution in [0.3, 0.4) is 0 Å². The molecule has 2 aliphatic rings. The predicted molar refractivity (Wildman–Crippen MR) is 106 cm³/mol. The number of carbonyl (C=O) groups excluding carboxylic acids is 1. The molecule has 1 aromatic carbocycles. The van der Waals surface area contributed by atoms with E-state index in [1.165, 1.54) is 24.0 Å². The molecule has 2 heterocycles. The highest BCUT2D eigenvalue weighted by molar-refractivity contribution is 5.80. The van der Waals surface area contributed by atoms with Crippen LogP contribution in [-0.4, -0.2) is 47.8 Å². The summed E-state index contributed by atoms with van der Waals surface area (Å²) in [6.07, 6.45) is 4.17. The van der Waals surface area contributed by atoms with Gasteiger partial charge in [0.2, 0.25) is 5.91 Å². The van der Waals surface area contributed by atoms with Gasteiger partial charge < -0.3 is 15.1 Å².